The number of halogens is 3. The minimum absolute atomic E-state index is 0.0461. The van der Waals surface area contributed by atoms with Gasteiger partial charge in [0.25, 0.3) is 5.69 Å². The van der Waals surface area contributed by atoms with E-state index in [-0.39, 0.29) is 11.7 Å². The van der Waals surface area contributed by atoms with E-state index >= 15 is 0 Å². The number of nitrogens with zero attached hydrogens (tertiary/aromatic N) is 3. The van der Waals surface area contributed by atoms with Gasteiger partial charge in [-0.3, -0.25) is 15.0 Å². The molecule has 1 aromatic rings. The lowest BCUT2D eigenvalue weighted by Gasteiger charge is -2.26. The Labute approximate surface area is 131 Å². The molecular weight excluding hydrogens is 311 g/mol. The molecule has 1 atom stereocenters. The van der Waals surface area contributed by atoms with E-state index < -0.39 is 22.4 Å². The fourth-order valence-corrected chi connectivity index (χ4v) is 3.51. The molecule has 8 heteroatoms. The standard InChI is InChI=1S/C15H18F3N3O2/c16-15(17,18)13-9-11(21(22)23)3-4-14(13)20-8-5-12(10-20)19-6-1-2-7-19/h3-4,9,12H,1-2,5-8,10H2/t12-/m1/s1. The summed E-state index contributed by atoms with van der Waals surface area (Å²) >= 11 is 0. The average Bonchev–Trinajstić information content (AvgIpc) is 3.16. The van der Waals surface area contributed by atoms with Crippen LogP contribution in [0.15, 0.2) is 18.2 Å². The predicted molar refractivity (Wildman–Crippen MR) is 79.5 cm³/mol. The summed E-state index contributed by atoms with van der Waals surface area (Å²) in [5.74, 6) is 0. The summed E-state index contributed by atoms with van der Waals surface area (Å²) in [5.41, 5.74) is -1.41. The molecule has 2 fully saturated rings. The lowest BCUT2D eigenvalue weighted by molar-refractivity contribution is -0.385. The van der Waals surface area contributed by atoms with Gasteiger partial charge in [-0.15, -0.1) is 0 Å². The van der Waals surface area contributed by atoms with Crippen molar-refractivity contribution in [1.29, 1.82) is 0 Å². The van der Waals surface area contributed by atoms with E-state index in [1.165, 1.54) is 6.07 Å². The van der Waals surface area contributed by atoms with Gasteiger partial charge >= 0.3 is 6.18 Å². The fraction of sp³-hybridized carbons (Fsp3) is 0.600. The Kier molecular flexibility index (Phi) is 4.18. The van der Waals surface area contributed by atoms with Gasteiger partial charge in [0.05, 0.1) is 10.5 Å². The maximum atomic E-state index is 13.3. The van der Waals surface area contributed by atoms with Gasteiger partial charge in [-0.05, 0) is 38.4 Å². The number of nitro benzene ring substituents is 1. The summed E-state index contributed by atoms with van der Waals surface area (Å²) in [6.07, 6.45) is -1.50. The van der Waals surface area contributed by atoms with Crippen LogP contribution in [0.1, 0.15) is 24.8 Å². The highest BCUT2D eigenvalue weighted by Crippen LogP contribution is 2.40. The Morgan fingerprint density at radius 3 is 2.48 bits per heavy atom. The fourth-order valence-electron chi connectivity index (χ4n) is 3.51. The Hall–Kier alpha value is -1.83. The number of non-ortho nitro benzene ring substituents is 1. The quantitative estimate of drug-likeness (QED) is 0.631. The first kappa shape index (κ1) is 16.0. The number of anilines is 1. The molecule has 3 rings (SSSR count). The minimum Gasteiger partial charge on any atom is -0.369 e. The van der Waals surface area contributed by atoms with Crippen LogP contribution in [0.4, 0.5) is 24.5 Å². The van der Waals surface area contributed by atoms with Crippen LogP contribution in [0.2, 0.25) is 0 Å². The first-order valence-electron chi connectivity index (χ1n) is 7.71. The van der Waals surface area contributed by atoms with Crippen LogP contribution in [0.25, 0.3) is 0 Å². The van der Waals surface area contributed by atoms with Crippen LogP contribution in [0, 0.1) is 10.1 Å². The van der Waals surface area contributed by atoms with Gasteiger partial charge in [0.15, 0.2) is 0 Å². The summed E-state index contributed by atoms with van der Waals surface area (Å²) in [6.45, 7) is 3.10. The summed E-state index contributed by atoms with van der Waals surface area (Å²) in [6, 6.07) is 3.29. The van der Waals surface area contributed by atoms with E-state index in [2.05, 4.69) is 4.90 Å². The van der Waals surface area contributed by atoms with Gasteiger partial charge in [0, 0.05) is 37.0 Å². The summed E-state index contributed by atoms with van der Waals surface area (Å²) in [7, 11) is 0. The second kappa shape index (κ2) is 5.99. The summed E-state index contributed by atoms with van der Waals surface area (Å²) in [4.78, 5) is 14.0. The van der Waals surface area contributed by atoms with Crippen molar-refractivity contribution in [2.45, 2.75) is 31.5 Å². The smallest absolute Gasteiger partial charge is 0.369 e. The van der Waals surface area contributed by atoms with Crippen LogP contribution in [0.3, 0.4) is 0 Å². The lowest BCUT2D eigenvalue weighted by atomic mass is 10.1. The van der Waals surface area contributed by atoms with Crippen molar-refractivity contribution in [2.24, 2.45) is 0 Å². The van der Waals surface area contributed by atoms with Crippen molar-refractivity contribution < 1.29 is 18.1 Å². The molecule has 2 aliphatic heterocycles. The second-order valence-electron chi connectivity index (χ2n) is 6.09. The molecule has 0 aliphatic carbocycles. The van der Waals surface area contributed by atoms with E-state index in [4.69, 9.17) is 0 Å². The zero-order valence-electron chi connectivity index (χ0n) is 12.6. The van der Waals surface area contributed by atoms with E-state index in [1.807, 2.05) is 0 Å². The molecule has 2 aliphatic rings. The highest BCUT2D eigenvalue weighted by molar-refractivity contribution is 5.60. The molecule has 126 valence electrons. The third-order valence-electron chi connectivity index (χ3n) is 4.66. The van der Waals surface area contributed by atoms with Gasteiger partial charge in [0.2, 0.25) is 0 Å². The Bertz CT molecular complexity index is 600. The van der Waals surface area contributed by atoms with E-state index in [1.54, 1.807) is 4.90 Å². The number of rotatable bonds is 3. The molecule has 0 saturated carbocycles. The lowest BCUT2D eigenvalue weighted by Crippen LogP contribution is -2.35. The minimum atomic E-state index is -4.60. The van der Waals surface area contributed by atoms with Gasteiger partial charge in [-0.1, -0.05) is 0 Å². The molecule has 0 bridgehead atoms. The number of nitro groups is 1. The zero-order valence-corrected chi connectivity index (χ0v) is 12.6. The van der Waals surface area contributed by atoms with E-state index in [0.717, 1.165) is 38.4 Å². The molecule has 0 N–H and O–H groups in total. The molecule has 2 saturated heterocycles. The maximum absolute atomic E-state index is 13.3. The molecule has 2 heterocycles. The van der Waals surface area contributed by atoms with Gasteiger partial charge < -0.3 is 4.90 Å². The third-order valence-corrected chi connectivity index (χ3v) is 4.66. The topological polar surface area (TPSA) is 49.6 Å². The monoisotopic (exact) mass is 329 g/mol. The largest absolute Gasteiger partial charge is 0.418 e. The highest BCUT2D eigenvalue weighted by Gasteiger charge is 2.38. The first-order valence-corrected chi connectivity index (χ1v) is 7.71. The Morgan fingerprint density at radius 2 is 1.87 bits per heavy atom. The summed E-state index contributed by atoms with van der Waals surface area (Å²) in [5, 5.41) is 10.8. The van der Waals surface area contributed by atoms with Crippen molar-refractivity contribution in [3.05, 3.63) is 33.9 Å². The third kappa shape index (κ3) is 3.26. The van der Waals surface area contributed by atoms with E-state index in [0.29, 0.717) is 19.2 Å². The molecule has 1 aromatic carbocycles. The first-order chi connectivity index (χ1) is 10.9. The van der Waals surface area contributed by atoms with Crippen LogP contribution in [0.5, 0.6) is 0 Å². The Balaban J connectivity index is 1.86. The number of alkyl halides is 3. The maximum Gasteiger partial charge on any atom is 0.418 e. The van der Waals surface area contributed by atoms with Crippen molar-refractivity contribution in [1.82, 2.24) is 4.90 Å². The SMILES string of the molecule is O=[N+]([O-])c1ccc(N2CC[C@@H](N3CCCC3)C2)c(C(F)(F)F)c1. The number of benzene rings is 1. The second-order valence-corrected chi connectivity index (χ2v) is 6.09. The normalized spacial score (nSPS) is 22.7. The molecule has 0 amide bonds. The molecular formula is C15H18F3N3O2. The molecule has 5 nitrogen and oxygen atoms in total. The van der Waals surface area contributed by atoms with Crippen molar-refractivity contribution >= 4 is 11.4 Å². The molecule has 23 heavy (non-hydrogen) atoms. The van der Waals surface area contributed by atoms with E-state index in [9.17, 15) is 23.3 Å². The predicted octanol–water partition coefficient (Wildman–Crippen LogP) is 3.29. The van der Waals surface area contributed by atoms with Crippen LogP contribution in [-0.2, 0) is 6.18 Å². The molecule has 0 spiro atoms. The van der Waals surface area contributed by atoms with Crippen LogP contribution >= 0.6 is 0 Å². The van der Waals surface area contributed by atoms with Crippen LogP contribution < -0.4 is 4.90 Å². The Morgan fingerprint density at radius 1 is 1.17 bits per heavy atom. The molecule has 0 unspecified atom stereocenters. The number of hydrogen-bond acceptors (Lipinski definition) is 4. The molecule has 0 aromatic heterocycles. The van der Waals surface area contributed by atoms with Crippen LogP contribution in [-0.4, -0.2) is 42.0 Å². The summed E-state index contributed by atoms with van der Waals surface area (Å²) < 4.78 is 39.9. The highest BCUT2D eigenvalue weighted by atomic mass is 19.4. The van der Waals surface area contributed by atoms with Gasteiger partial charge in [0.1, 0.15) is 0 Å². The average molecular weight is 329 g/mol. The van der Waals surface area contributed by atoms with Gasteiger partial charge in [-0.25, -0.2) is 0 Å². The molecule has 0 radical (unpaired) electrons. The number of hydrogen-bond donors (Lipinski definition) is 0. The van der Waals surface area contributed by atoms with Crippen molar-refractivity contribution in [3.8, 4) is 0 Å². The van der Waals surface area contributed by atoms with Crippen molar-refractivity contribution in [3.63, 3.8) is 0 Å². The zero-order chi connectivity index (χ0) is 16.6. The number of likely N-dealkylation sites (tertiary alicyclic amines) is 1. The van der Waals surface area contributed by atoms with Crippen molar-refractivity contribution in [2.75, 3.05) is 31.1 Å². The van der Waals surface area contributed by atoms with Gasteiger partial charge in [-0.2, -0.15) is 13.2 Å².